The molecule has 0 aromatic carbocycles. The van der Waals surface area contributed by atoms with Crippen LogP contribution in [0.15, 0.2) is 35.7 Å². The van der Waals surface area contributed by atoms with Crippen molar-refractivity contribution >= 4 is 17.7 Å². The molecule has 1 amide bonds. The third-order valence-electron chi connectivity index (χ3n) is 4.75. The van der Waals surface area contributed by atoms with Gasteiger partial charge in [-0.1, -0.05) is 0 Å². The number of hydrogen-bond acceptors (Lipinski definition) is 5. The van der Waals surface area contributed by atoms with Gasteiger partial charge in [0.05, 0.1) is 12.1 Å². The van der Waals surface area contributed by atoms with E-state index >= 15 is 0 Å². The maximum absolute atomic E-state index is 12.8. The SMILES string of the molecule is CCn1ccnc1CN1CCN(C(=O)c2cccnc2SC(F)(F)F)CC1C. The van der Waals surface area contributed by atoms with Crippen LogP contribution in [0.25, 0.3) is 0 Å². The van der Waals surface area contributed by atoms with Crippen LogP contribution in [0.3, 0.4) is 0 Å². The molecule has 1 saturated heterocycles. The summed E-state index contributed by atoms with van der Waals surface area (Å²) in [6.07, 6.45) is 4.97. The Bertz CT molecular complexity index is 826. The summed E-state index contributed by atoms with van der Waals surface area (Å²) < 4.78 is 40.4. The van der Waals surface area contributed by atoms with Crippen molar-refractivity contribution in [3.63, 3.8) is 0 Å². The number of imidazole rings is 1. The Morgan fingerprint density at radius 2 is 2.07 bits per heavy atom. The molecule has 0 aliphatic carbocycles. The van der Waals surface area contributed by atoms with E-state index in [1.165, 1.54) is 18.3 Å². The first-order valence-corrected chi connectivity index (χ1v) is 9.84. The summed E-state index contributed by atoms with van der Waals surface area (Å²) >= 11 is -0.352. The number of nitrogens with zero attached hydrogens (tertiary/aromatic N) is 5. The number of amides is 1. The highest BCUT2D eigenvalue weighted by molar-refractivity contribution is 8.00. The van der Waals surface area contributed by atoms with Crippen molar-refractivity contribution in [1.29, 1.82) is 0 Å². The normalized spacial score (nSPS) is 18.5. The lowest BCUT2D eigenvalue weighted by molar-refractivity contribution is -0.0329. The Hall–Kier alpha value is -2.07. The predicted molar refractivity (Wildman–Crippen MR) is 99.8 cm³/mol. The van der Waals surface area contributed by atoms with Crippen molar-refractivity contribution in [2.24, 2.45) is 0 Å². The van der Waals surface area contributed by atoms with Gasteiger partial charge in [-0.2, -0.15) is 13.2 Å². The maximum atomic E-state index is 12.8. The molecular weight excluding hydrogens is 391 g/mol. The molecule has 152 valence electrons. The summed E-state index contributed by atoms with van der Waals surface area (Å²) in [4.78, 5) is 24.8. The molecule has 1 fully saturated rings. The predicted octanol–water partition coefficient (Wildman–Crippen LogP) is 3.26. The zero-order chi connectivity index (χ0) is 20.3. The van der Waals surface area contributed by atoms with E-state index in [0.717, 1.165) is 12.4 Å². The van der Waals surface area contributed by atoms with Crippen LogP contribution in [-0.2, 0) is 13.1 Å². The van der Waals surface area contributed by atoms with E-state index in [9.17, 15) is 18.0 Å². The fraction of sp³-hybridized carbons (Fsp3) is 0.500. The first-order chi connectivity index (χ1) is 13.3. The fourth-order valence-corrected chi connectivity index (χ4v) is 3.89. The molecule has 6 nitrogen and oxygen atoms in total. The van der Waals surface area contributed by atoms with Crippen LogP contribution in [0, 0.1) is 0 Å². The van der Waals surface area contributed by atoms with E-state index in [0.29, 0.717) is 26.2 Å². The van der Waals surface area contributed by atoms with Crippen LogP contribution in [-0.4, -0.2) is 61.4 Å². The Labute approximate surface area is 165 Å². The molecule has 1 aliphatic rings. The summed E-state index contributed by atoms with van der Waals surface area (Å²) in [6.45, 7) is 7.08. The molecule has 0 bridgehead atoms. The molecule has 3 heterocycles. The lowest BCUT2D eigenvalue weighted by Gasteiger charge is -2.39. The van der Waals surface area contributed by atoms with Gasteiger partial charge in [0.2, 0.25) is 0 Å². The third kappa shape index (κ3) is 4.85. The molecule has 2 aromatic rings. The van der Waals surface area contributed by atoms with Gasteiger partial charge in [-0.15, -0.1) is 0 Å². The number of aryl methyl sites for hydroxylation is 1. The minimum atomic E-state index is -4.49. The van der Waals surface area contributed by atoms with Crippen molar-refractivity contribution in [2.75, 3.05) is 19.6 Å². The van der Waals surface area contributed by atoms with Crippen LogP contribution < -0.4 is 0 Å². The second-order valence-electron chi connectivity index (χ2n) is 6.60. The summed E-state index contributed by atoms with van der Waals surface area (Å²) in [6, 6.07) is 2.95. The van der Waals surface area contributed by atoms with Crippen molar-refractivity contribution in [2.45, 2.75) is 43.5 Å². The maximum Gasteiger partial charge on any atom is 0.447 e. The third-order valence-corrected chi connectivity index (χ3v) is 5.50. The van der Waals surface area contributed by atoms with E-state index in [2.05, 4.69) is 26.4 Å². The minimum Gasteiger partial charge on any atom is -0.336 e. The summed E-state index contributed by atoms with van der Waals surface area (Å²) in [5, 5.41) is -0.306. The van der Waals surface area contributed by atoms with E-state index in [4.69, 9.17) is 0 Å². The quantitative estimate of drug-likeness (QED) is 0.705. The Kier molecular flexibility index (Phi) is 6.29. The number of carbonyl (C=O) groups excluding carboxylic acids is 1. The summed E-state index contributed by atoms with van der Waals surface area (Å²) in [5.41, 5.74) is -4.50. The number of hydrogen-bond donors (Lipinski definition) is 0. The van der Waals surface area contributed by atoms with Crippen molar-refractivity contribution < 1.29 is 18.0 Å². The molecule has 10 heteroatoms. The zero-order valence-corrected chi connectivity index (χ0v) is 16.5. The van der Waals surface area contributed by atoms with Gasteiger partial charge >= 0.3 is 5.51 Å². The van der Waals surface area contributed by atoms with Crippen LogP contribution >= 0.6 is 11.8 Å². The van der Waals surface area contributed by atoms with Gasteiger partial charge in [0, 0.05) is 62.6 Å². The second-order valence-corrected chi connectivity index (χ2v) is 7.66. The number of alkyl halides is 3. The molecule has 0 radical (unpaired) electrons. The standard InChI is InChI=1S/C18H22F3N5OS/c1-3-24-8-7-22-15(24)12-25-9-10-26(11-13(25)2)17(27)14-5-4-6-23-16(14)28-18(19,20)21/h4-8,13H,3,9-12H2,1-2H3. The van der Waals surface area contributed by atoms with Crippen LogP contribution in [0.1, 0.15) is 30.0 Å². The molecule has 0 saturated carbocycles. The Morgan fingerprint density at radius 1 is 1.29 bits per heavy atom. The number of rotatable bonds is 5. The largest absolute Gasteiger partial charge is 0.447 e. The molecule has 28 heavy (non-hydrogen) atoms. The summed E-state index contributed by atoms with van der Waals surface area (Å²) in [7, 11) is 0. The molecule has 1 aliphatic heterocycles. The highest BCUT2D eigenvalue weighted by Crippen LogP contribution is 2.37. The van der Waals surface area contributed by atoms with Crippen LogP contribution in [0.5, 0.6) is 0 Å². The van der Waals surface area contributed by atoms with E-state index in [1.54, 1.807) is 11.1 Å². The number of thioether (sulfide) groups is 1. The Morgan fingerprint density at radius 3 is 2.75 bits per heavy atom. The average Bonchev–Trinajstić information content (AvgIpc) is 3.09. The topological polar surface area (TPSA) is 54.3 Å². The van der Waals surface area contributed by atoms with Crippen LogP contribution in [0.2, 0.25) is 0 Å². The van der Waals surface area contributed by atoms with Gasteiger partial charge in [-0.3, -0.25) is 9.69 Å². The van der Waals surface area contributed by atoms with Gasteiger partial charge in [-0.25, -0.2) is 9.97 Å². The van der Waals surface area contributed by atoms with Gasteiger partial charge < -0.3 is 9.47 Å². The van der Waals surface area contributed by atoms with Crippen LogP contribution in [0.4, 0.5) is 13.2 Å². The molecule has 1 atom stereocenters. The smallest absolute Gasteiger partial charge is 0.336 e. The molecule has 0 N–H and O–H groups in total. The molecule has 2 aromatic heterocycles. The number of pyridine rings is 1. The first-order valence-electron chi connectivity index (χ1n) is 9.02. The zero-order valence-electron chi connectivity index (χ0n) is 15.7. The average molecular weight is 413 g/mol. The monoisotopic (exact) mass is 413 g/mol. The number of aromatic nitrogens is 3. The fourth-order valence-electron chi connectivity index (χ4n) is 3.29. The van der Waals surface area contributed by atoms with Gasteiger partial charge in [0.15, 0.2) is 0 Å². The minimum absolute atomic E-state index is 0.00741. The van der Waals surface area contributed by atoms with Gasteiger partial charge in [-0.05, 0) is 26.0 Å². The number of carbonyl (C=O) groups is 1. The molecule has 0 spiro atoms. The van der Waals surface area contributed by atoms with Gasteiger partial charge in [0.25, 0.3) is 5.91 Å². The van der Waals surface area contributed by atoms with Crippen molar-refractivity contribution in [1.82, 2.24) is 24.3 Å². The van der Waals surface area contributed by atoms with Gasteiger partial charge in [0.1, 0.15) is 10.9 Å². The first kappa shape index (κ1) is 20.7. The van der Waals surface area contributed by atoms with E-state index < -0.39 is 11.4 Å². The molecule has 1 unspecified atom stereocenters. The van der Waals surface area contributed by atoms with Crippen molar-refractivity contribution in [3.05, 3.63) is 42.1 Å². The number of halogens is 3. The highest BCUT2D eigenvalue weighted by Gasteiger charge is 2.34. The Balaban J connectivity index is 1.68. The number of piperazine rings is 1. The lowest BCUT2D eigenvalue weighted by atomic mass is 10.1. The lowest BCUT2D eigenvalue weighted by Crippen LogP contribution is -2.53. The van der Waals surface area contributed by atoms with E-state index in [-0.39, 0.29) is 28.4 Å². The molecule has 3 rings (SSSR count). The summed E-state index contributed by atoms with van der Waals surface area (Å²) in [5.74, 6) is 0.548. The highest BCUT2D eigenvalue weighted by atomic mass is 32.2. The van der Waals surface area contributed by atoms with Crippen molar-refractivity contribution in [3.8, 4) is 0 Å². The van der Waals surface area contributed by atoms with E-state index in [1.807, 2.05) is 13.1 Å². The molecular formula is C18H22F3N5OS. The second kappa shape index (κ2) is 8.52.